The summed E-state index contributed by atoms with van der Waals surface area (Å²) in [7, 11) is 0. The summed E-state index contributed by atoms with van der Waals surface area (Å²) < 4.78 is 0. The Bertz CT molecular complexity index is 419. The first kappa shape index (κ1) is 12.0. The number of hydrogen-bond acceptors (Lipinski definition) is 1. The lowest BCUT2D eigenvalue weighted by Crippen LogP contribution is -2.01. The molecule has 0 aliphatic carbocycles. The van der Waals surface area contributed by atoms with Crippen LogP contribution in [0.2, 0.25) is 5.15 Å². The fourth-order valence-corrected chi connectivity index (χ4v) is 1.89. The van der Waals surface area contributed by atoms with Crippen molar-refractivity contribution in [2.45, 2.75) is 27.2 Å². The Hall–Kier alpha value is -1.08. The Morgan fingerprint density at radius 2 is 2.13 bits per heavy atom. The molecule has 0 fully saturated rings. The van der Waals surface area contributed by atoms with Crippen molar-refractivity contribution in [3.8, 4) is 0 Å². The van der Waals surface area contributed by atoms with E-state index >= 15 is 0 Å². The Kier molecular flexibility index (Phi) is 3.70. The number of aromatic nitrogens is 1. The molecule has 0 bridgehead atoms. The highest BCUT2D eigenvalue weighted by Gasteiger charge is 2.13. The third-order valence-electron chi connectivity index (χ3n) is 2.50. The molecular weight excluding hydrogens is 206 g/mol. The van der Waals surface area contributed by atoms with Gasteiger partial charge in [0, 0.05) is 0 Å². The average molecular weight is 222 g/mol. The first-order chi connectivity index (χ1) is 7.02. The lowest BCUT2D eigenvalue weighted by molar-refractivity contribution is 1.06. The summed E-state index contributed by atoms with van der Waals surface area (Å²) in [5.74, 6) is 0. The van der Waals surface area contributed by atoms with Gasteiger partial charge in [-0.3, -0.25) is 0 Å². The zero-order chi connectivity index (χ0) is 11.6. The van der Waals surface area contributed by atoms with E-state index < -0.39 is 0 Å². The molecule has 2 heteroatoms. The van der Waals surface area contributed by atoms with Crippen LogP contribution in [-0.4, -0.2) is 4.98 Å². The number of nitrogens with zero attached hydrogens (tertiary/aromatic N) is 1. The van der Waals surface area contributed by atoms with Gasteiger partial charge in [0.05, 0.1) is 5.69 Å². The molecule has 0 aliphatic rings. The molecule has 1 rings (SSSR count). The van der Waals surface area contributed by atoms with Gasteiger partial charge in [-0.25, -0.2) is 4.98 Å². The molecular formula is C13H16ClN. The second kappa shape index (κ2) is 4.63. The van der Waals surface area contributed by atoms with Crippen molar-refractivity contribution in [1.29, 1.82) is 0 Å². The van der Waals surface area contributed by atoms with E-state index in [0.29, 0.717) is 5.15 Å². The molecule has 0 atom stereocenters. The average Bonchev–Trinajstić information content (AvgIpc) is 2.20. The van der Waals surface area contributed by atoms with E-state index in [4.69, 9.17) is 11.6 Å². The van der Waals surface area contributed by atoms with E-state index in [-0.39, 0.29) is 0 Å². The van der Waals surface area contributed by atoms with Gasteiger partial charge in [-0.05, 0) is 42.5 Å². The fourth-order valence-electron chi connectivity index (χ4n) is 1.70. The largest absolute Gasteiger partial charge is 0.236 e. The molecule has 1 aromatic heterocycles. The van der Waals surface area contributed by atoms with E-state index in [1.165, 1.54) is 5.56 Å². The number of halogens is 1. The molecule has 0 amide bonds. The lowest BCUT2D eigenvalue weighted by atomic mass is 9.97. The van der Waals surface area contributed by atoms with Gasteiger partial charge >= 0.3 is 0 Å². The molecule has 0 saturated heterocycles. The predicted octanol–water partition coefficient (Wildman–Crippen LogP) is 4.28. The highest BCUT2D eigenvalue weighted by Crippen LogP contribution is 2.28. The monoisotopic (exact) mass is 221 g/mol. The van der Waals surface area contributed by atoms with Gasteiger partial charge in [0.2, 0.25) is 0 Å². The summed E-state index contributed by atoms with van der Waals surface area (Å²) in [6, 6.07) is 0. The summed E-state index contributed by atoms with van der Waals surface area (Å²) in [4.78, 5) is 4.37. The van der Waals surface area contributed by atoms with Crippen molar-refractivity contribution in [2.24, 2.45) is 0 Å². The third kappa shape index (κ3) is 2.13. The smallest absolute Gasteiger partial charge is 0.133 e. The molecule has 0 spiro atoms. The van der Waals surface area contributed by atoms with Crippen molar-refractivity contribution in [3.05, 3.63) is 40.7 Å². The molecule has 0 aromatic carbocycles. The predicted molar refractivity (Wildman–Crippen MR) is 68.2 cm³/mol. The van der Waals surface area contributed by atoms with Crippen molar-refractivity contribution < 1.29 is 0 Å². The van der Waals surface area contributed by atoms with Gasteiger partial charge in [-0.1, -0.05) is 37.8 Å². The number of allylic oxidation sites excluding steroid dienone is 1. The van der Waals surface area contributed by atoms with Gasteiger partial charge < -0.3 is 0 Å². The maximum Gasteiger partial charge on any atom is 0.133 e. The van der Waals surface area contributed by atoms with Crippen molar-refractivity contribution in [3.63, 3.8) is 0 Å². The van der Waals surface area contributed by atoms with Gasteiger partial charge in [0.1, 0.15) is 5.15 Å². The first-order valence-electron chi connectivity index (χ1n) is 5.00. The standard InChI is InChI=1S/C13H16ClN/c1-6-10-9(5)13(14)15-12(8(3)4)11(10)7-2/h6H,1,3,7H2,2,4-5H3. The van der Waals surface area contributed by atoms with Crippen molar-refractivity contribution in [1.82, 2.24) is 4.98 Å². The first-order valence-corrected chi connectivity index (χ1v) is 5.38. The van der Waals surface area contributed by atoms with Crippen LogP contribution in [0.5, 0.6) is 0 Å². The topological polar surface area (TPSA) is 12.9 Å². The normalized spacial score (nSPS) is 10.1. The van der Waals surface area contributed by atoms with Crippen LogP contribution in [0.25, 0.3) is 11.6 Å². The summed E-state index contributed by atoms with van der Waals surface area (Å²) in [5, 5.41) is 0.542. The Labute approximate surface area is 96.5 Å². The second-order valence-electron chi connectivity index (χ2n) is 3.61. The molecule has 0 aliphatic heterocycles. The zero-order valence-corrected chi connectivity index (χ0v) is 10.3. The maximum absolute atomic E-state index is 6.07. The van der Waals surface area contributed by atoms with Crippen LogP contribution in [0.15, 0.2) is 13.2 Å². The zero-order valence-electron chi connectivity index (χ0n) is 9.52. The molecule has 1 aromatic rings. The molecule has 1 nitrogen and oxygen atoms in total. The summed E-state index contributed by atoms with van der Waals surface area (Å²) in [6.45, 7) is 13.8. The van der Waals surface area contributed by atoms with Crippen LogP contribution < -0.4 is 0 Å². The molecule has 1 heterocycles. The maximum atomic E-state index is 6.07. The molecule has 80 valence electrons. The molecule has 0 unspecified atom stereocenters. The fraction of sp³-hybridized carbons (Fsp3) is 0.308. The minimum absolute atomic E-state index is 0.542. The molecule has 15 heavy (non-hydrogen) atoms. The van der Waals surface area contributed by atoms with Crippen LogP contribution >= 0.6 is 11.6 Å². The van der Waals surface area contributed by atoms with Crippen molar-refractivity contribution >= 4 is 23.3 Å². The lowest BCUT2D eigenvalue weighted by Gasteiger charge is -2.14. The van der Waals surface area contributed by atoms with Crippen molar-refractivity contribution in [2.75, 3.05) is 0 Å². The Balaban J connectivity index is 3.61. The van der Waals surface area contributed by atoms with Crippen LogP contribution in [0.4, 0.5) is 0 Å². The quantitative estimate of drug-likeness (QED) is 0.695. The van der Waals surface area contributed by atoms with Crippen LogP contribution in [0.1, 0.15) is 36.2 Å². The van der Waals surface area contributed by atoms with Crippen LogP contribution in [0.3, 0.4) is 0 Å². The van der Waals surface area contributed by atoms with Crippen LogP contribution in [-0.2, 0) is 6.42 Å². The van der Waals surface area contributed by atoms with Gasteiger partial charge in [0.25, 0.3) is 0 Å². The third-order valence-corrected chi connectivity index (χ3v) is 2.86. The van der Waals surface area contributed by atoms with E-state index in [9.17, 15) is 0 Å². The number of pyridine rings is 1. The summed E-state index contributed by atoms with van der Waals surface area (Å²) in [6.07, 6.45) is 2.75. The van der Waals surface area contributed by atoms with E-state index in [1.807, 2.05) is 19.9 Å². The number of rotatable bonds is 3. The van der Waals surface area contributed by atoms with E-state index in [2.05, 4.69) is 25.1 Å². The highest BCUT2D eigenvalue weighted by molar-refractivity contribution is 6.30. The van der Waals surface area contributed by atoms with Crippen LogP contribution in [0, 0.1) is 6.92 Å². The number of hydrogen-bond donors (Lipinski definition) is 0. The Morgan fingerprint density at radius 1 is 1.53 bits per heavy atom. The second-order valence-corrected chi connectivity index (χ2v) is 3.96. The molecule has 0 radical (unpaired) electrons. The van der Waals surface area contributed by atoms with Gasteiger partial charge in [0.15, 0.2) is 0 Å². The molecule has 0 N–H and O–H groups in total. The van der Waals surface area contributed by atoms with E-state index in [1.54, 1.807) is 0 Å². The molecule has 0 saturated carbocycles. The van der Waals surface area contributed by atoms with E-state index in [0.717, 1.165) is 28.8 Å². The summed E-state index contributed by atoms with van der Waals surface area (Å²) >= 11 is 6.07. The summed E-state index contributed by atoms with van der Waals surface area (Å²) in [5.41, 5.74) is 5.11. The minimum Gasteiger partial charge on any atom is -0.236 e. The highest BCUT2D eigenvalue weighted by atomic mass is 35.5. The van der Waals surface area contributed by atoms with Gasteiger partial charge in [-0.2, -0.15) is 0 Å². The Morgan fingerprint density at radius 3 is 2.53 bits per heavy atom. The SMILES string of the molecule is C=Cc1c(C)c(Cl)nc(C(=C)C)c1CC. The minimum atomic E-state index is 0.542. The van der Waals surface area contributed by atoms with Gasteiger partial charge in [-0.15, -0.1) is 0 Å².